The quantitative estimate of drug-likeness (QED) is 0.501. The van der Waals surface area contributed by atoms with Gasteiger partial charge in [-0.1, -0.05) is 33.1 Å². The van der Waals surface area contributed by atoms with Gasteiger partial charge in [0.25, 0.3) is 0 Å². The van der Waals surface area contributed by atoms with Crippen LogP contribution in [-0.2, 0) is 0 Å². The Kier molecular flexibility index (Phi) is 12.5. The molecule has 0 rings (SSSR count). The highest BCUT2D eigenvalue weighted by atomic mass is 19.1. The number of hydrogen-bond acceptors (Lipinski definition) is 0. The molecule has 0 fully saturated rings. The molecule has 0 atom stereocenters. The van der Waals surface area contributed by atoms with Crippen molar-refractivity contribution in [1.29, 1.82) is 0 Å². The van der Waals surface area contributed by atoms with Crippen LogP contribution >= 0.6 is 0 Å². The summed E-state index contributed by atoms with van der Waals surface area (Å²) in [7, 11) is 0. The Labute approximate surface area is 56.4 Å². The lowest BCUT2D eigenvalue weighted by molar-refractivity contribution is 0.668. The molecule has 0 heterocycles. The van der Waals surface area contributed by atoms with E-state index in [4.69, 9.17) is 0 Å². The van der Waals surface area contributed by atoms with Crippen LogP contribution in [0, 0.1) is 0 Å². The normalized spacial score (nSPS) is 9.00. The van der Waals surface area contributed by atoms with Crippen molar-refractivity contribution in [3.63, 3.8) is 0 Å². The van der Waals surface area contributed by atoms with Crippen molar-refractivity contribution < 1.29 is 4.39 Å². The van der Waals surface area contributed by atoms with E-state index < -0.39 is 0 Å². The van der Waals surface area contributed by atoms with Crippen LogP contribution in [0.3, 0.4) is 0 Å². The molecule has 0 aromatic rings. The summed E-state index contributed by atoms with van der Waals surface area (Å²) in [6.45, 7) is 10.5. The van der Waals surface area contributed by atoms with Gasteiger partial charge in [-0.25, -0.2) is 4.39 Å². The molecular formula is C8H13F. The van der Waals surface area contributed by atoms with Gasteiger partial charge in [0.1, 0.15) is 5.83 Å². The number of allylic oxidation sites excluding steroid dienone is 4. The van der Waals surface area contributed by atoms with E-state index >= 15 is 0 Å². The van der Waals surface area contributed by atoms with Crippen molar-refractivity contribution in [2.24, 2.45) is 0 Å². The number of hydrogen-bond donors (Lipinski definition) is 0. The zero-order valence-electron chi connectivity index (χ0n) is 6.02. The van der Waals surface area contributed by atoms with Gasteiger partial charge < -0.3 is 0 Å². The van der Waals surface area contributed by atoms with Crippen molar-refractivity contribution in [3.05, 3.63) is 37.2 Å². The summed E-state index contributed by atoms with van der Waals surface area (Å²) >= 11 is 0. The van der Waals surface area contributed by atoms with Gasteiger partial charge in [-0.2, -0.15) is 0 Å². The fourth-order valence-corrected chi connectivity index (χ4v) is 0.181. The third-order valence-corrected chi connectivity index (χ3v) is 0.472. The van der Waals surface area contributed by atoms with E-state index in [0.717, 1.165) is 6.08 Å². The molecule has 0 aliphatic carbocycles. The predicted octanol–water partition coefficient (Wildman–Crippen LogP) is 3.24. The summed E-state index contributed by atoms with van der Waals surface area (Å²) in [5, 5.41) is 0. The molecule has 0 nitrogen and oxygen atoms in total. The minimum atomic E-state index is -0.352. The van der Waals surface area contributed by atoms with Crippen molar-refractivity contribution in [2.75, 3.05) is 0 Å². The third-order valence-electron chi connectivity index (χ3n) is 0.472. The van der Waals surface area contributed by atoms with Crippen LogP contribution in [0.5, 0.6) is 0 Å². The Morgan fingerprint density at radius 2 is 1.78 bits per heavy atom. The Morgan fingerprint density at radius 1 is 1.33 bits per heavy atom. The highest BCUT2D eigenvalue weighted by molar-refractivity contribution is 5.13. The Hall–Kier alpha value is -0.850. The smallest absolute Gasteiger partial charge is 0.122 e. The highest BCUT2D eigenvalue weighted by Gasteiger charge is 1.75. The van der Waals surface area contributed by atoms with Gasteiger partial charge in [-0.15, -0.1) is 0 Å². The molecule has 0 bridgehead atoms. The summed E-state index contributed by atoms with van der Waals surface area (Å²) in [5.74, 6) is -0.352. The minimum Gasteiger partial charge on any atom is -0.207 e. The third kappa shape index (κ3) is 11.0. The largest absolute Gasteiger partial charge is 0.207 e. The number of rotatable bonds is 2. The lowest BCUT2D eigenvalue weighted by Gasteiger charge is -1.74. The monoisotopic (exact) mass is 128 g/mol. The second-order valence-corrected chi connectivity index (χ2v) is 0.991. The topological polar surface area (TPSA) is 0 Å². The second kappa shape index (κ2) is 10.2. The molecule has 52 valence electrons. The fourth-order valence-electron chi connectivity index (χ4n) is 0.181. The molecule has 0 saturated carbocycles. The fraction of sp³-hybridized carbons (Fsp3) is 0.250. The zero-order chi connectivity index (χ0) is 7.70. The first-order valence-electron chi connectivity index (χ1n) is 2.92. The summed E-state index contributed by atoms with van der Waals surface area (Å²) in [4.78, 5) is 0. The van der Waals surface area contributed by atoms with E-state index in [1.807, 2.05) is 13.8 Å². The van der Waals surface area contributed by atoms with Gasteiger partial charge >= 0.3 is 0 Å². The van der Waals surface area contributed by atoms with Crippen LogP contribution in [0.25, 0.3) is 0 Å². The second-order valence-electron chi connectivity index (χ2n) is 0.991. The molecule has 0 spiro atoms. The van der Waals surface area contributed by atoms with Crippen LogP contribution in [-0.4, -0.2) is 0 Å². The SMILES string of the molecule is C=C/C=C(/F)C=C.CC. The predicted molar refractivity (Wildman–Crippen MR) is 40.9 cm³/mol. The molecule has 0 amide bonds. The zero-order valence-corrected chi connectivity index (χ0v) is 6.02. The van der Waals surface area contributed by atoms with Crippen molar-refractivity contribution in [2.45, 2.75) is 13.8 Å². The van der Waals surface area contributed by atoms with Crippen LogP contribution in [0.1, 0.15) is 13.8 Å². The molecule has 0 aliphatic rings. The molecule has 0 N–H and O–H groups in total. The summed E-state index contributed by atoms with van der Waals surface area (Å²) in [5.41, 5.74) is 0. The average Bonchev–Trinajstić information content (AvgIpc) is 1.93. The van der Waals surface area contributed by atoms with Gasteiger partial charge in [0.05, 0.1) is 0 Å². The van der Waals surface area contributed by atoms with Crippen LogP contribution < -0.4 is 0 Å². The molecule has 0 aromatic carbocycles. The Morgan fingerprint density at radius 3 is 1.89 bits per heavy atom. The van der Waals surface area contributed by atoms with E-state index in [1.54, 1.807) is 0 Å². The summed E-state index contributed by atoms with van der Waals surface area (Å²) in [6.07, 6.45) is 3.74. The minimum absolute atomic E-state index is 0.352. The molecule has 0 aromatic heterocycles. The van der Waals surface area contributed by atoms with Gasteiger partial charge in [0, 0.05) is 0 Å². The first kappa shape index (κ1) is 11.0. The Balaban J connectivity index is 0. The van der Waals surface area contributed by atoms with E-state index in [0.29, 0.717) is 0 Å². The first-order valence-corrected chi connectivity index (χ1v) is 2.92. The standard InChI is InChI=1S/C6H7F.C2H6/c1-3-5-6(7)4-2;1-2/h3-5H,1-2H2;1-2H3/b6-5+;. The van der Waals surface area contributed by atoms with Crippen LogP contribution in [0.2, 0.25) is 0 Å². The summed E-state index contributed by atoms with van der Waals surface area (Å²) < 4.78 is 11.8. The maximum Gasteiger partial charge on any atom is 0.122 e. The maximum atomic E-state index is 11.8. The Bertz CT molecular complexity index is 101. The van der Waals surface area contributed by atoms with E-state index in [2.05, 4.69) is 13.2 Å². The van der Waals surface area contributed by atoms with E-state index in [1.165, 1.54) is 12.2 Å². The molecule has 0 aliphatic heterocycles. The molecule has 0 unspecified atom stereocenters. The van der Waals surface area contributed by atoms with Crippen LogP contribution in [0.4, 0.5) is 4.39 Å². The maximum absolute atomic E-state index is 11.8. The molecule has 9 heavy (non-hydrogen) atoms. The van der Waals surface area contributed by atoms with Gasteiger partial charge in [-0.3, -0.25) is 0 Å². The molecule has 0 radical (unpaired) electrons. The highest BCUT2D eigenvalue weighted by Crippen LogP contribution is 1.94. The van der Waals surface area contributed by atoms with E-state index in [-0.39, 0.29) is 5.83 Å². The molecule has 0 saturated heterocycles. The van der Waals surface area contributed by atoms with Gasteiger partial charge in [-0.05, 0) is 12.2 Å². The van der Waals surface area contributed by atoms with E-state index in [9.17, 15) is 4.39 Å². The lowest BCUT2D eigenvalue weighted by Crippen LogP contribution is -1.55. The molecular weight excluding hydrogens is 115 g/mol. The van der Waals surface area contributed by atoms with Gasteiger partial charge in [0.15, 0.2) is 0 Å². The number of halogens is 1. The lowest BCUT2D eigenvalue weighted by atomic mass is 10.4. The van der Waals surface area contributed by atoms with Crippen molar-refractivity contribution in [3.8, 4) is 0 Å². The van der Waals surface area contributed by atoms with Crippen molar-refractivity contribution in [1.82, 2.24) is 0 Å². The van der Waals surface area contributed by atoms with Crippen LogP contribution in [0.15, 0.2) is 37.2 Å². The summed E-state index contributed by atoms with van der Waals surface area (Å²) in [6, 6.07) is 0. The molecule has 1 heteroatoms. The van der Waals surface area contributed by atoms with Gasteiger partial charge in [0.2, 0.25) is 0 Å². The average molecular weight is 128 g/mol. The van der Waals surface area contributed by atoms with Crippen molar-refractivity contribution >= 4 is 0 Å². The first-order chi connectivity index (χ1) is 4.31.